The summed E-state index contributed by atoms with van der Waals surface area (Å²) in [5.41, 5.74) is 0. The molecule has 1 N–H and O–H groups in total. The van der Waals surface area contributed by atoms with Crippen LogP contribution in [0.1, 0.15) is 39.0 Å². The van der Waals surface area contributed by atoms with Crippen molar-refractivity contribution in [2.75, 3.05) is 13.7 Å². The Morgan fingerprint density at radius 1 is 1.50 bits per heavy atom. The van der Waals surface area contributed by atoms with Crippen LogP contribution in [0.4, 0.5) is 0 Å². The first kappa shape index (κ1) is 11.5. The van der Waals surface area contributed by atoms with Gasteiger partial charge in [0.2, 0.25) is 0 Å². The van der Waals surface area contributed by atoms with Crippen molar-refractivity contribution in [1.29, 1.82) is 0 Å². The van der Waals surface area contributed by atoms with Crippen LogP contribution in [-0.4, -0.2) is 25.7 Å². The molecule has 3 nitrogen and oxygen atoms in total. The fraction of sp³-hybridized carbons (Fsp3) is 0.909. The van der Waals surface area contributed by atoms with Crippen molar-refractivity contribution < 1.29 is 9.53 Å². The first-order chi connectivity index (χ1) is 6.79. The highest BCUT2D eigenvalue weighted by Crippen LogP contribution is 2.28. The average Bonchev–Trinajstić information content (AvgIpc) is 2.71. The molecule has 0 aromatic rings. The van der Waals surface area contributed by atoms with E-state index in [1.165, 1.54) is 20.0 Å². The van der Waals surface area contributed by atoms with Crippen molar-refractivity contribution in [1.82, 2.24) is 5.32 Å². The molecule has 0 spiro atoms. The Morgan fingerprint density at radius 2 is 2.14 bits per heavy atom. The second-order valence-corrected chi connectivity index (χ2v) is 4.00. The van der Waals surface area contributed by atoms with Crippen molar-refractivity contribution in [3.63, 3.8) is 0 Å². The Balaban J connectivity index is 2.46. The normalized spacial score (nSPS) is 19.6. The van der Waals surface area contributed by atoms with Crippen LogP contribution in [0.5, 0.6) is 0 Å². The minimum Gasteiger partial charge on any atom is -0.468 e. The summed E-state index contributed by atoms with van der Waals surface area (Å²) in [5.74, 6) is 0.402. The predicted molar refractivity (Wildman–Crippen MR) is 56.1 cm³/mol. The third kappa shape index (κ3) is 2.98. The number of esters is 1. The number of rotatable bonds is 5. The molecule has 0 radical (unpaired) electrons. The SMILES string of the molecule is CCCNC(C(=O)OC)C1CCCC1. The van der Waals surface area contributed by atoms with Crippen LogP contribution in [0.2, 0.25) is 0 Å². The smallest absolute Gasteiger partial charge is 0.323 e. The number of carbonyl (C=O) groups is 1. The van der Waals surface area contributed by atoms with E-state index in [1.54, 1.807) is 0 Å². The number of nitrogens with one attached hydrogen (secondary N) is 1. The molecule has 14 heavy (non-hydrogen) atoms. The number of hydrogen-bond acceptors (Lipinski definition) is 3. The van der Waals surface area contributed by atoms with Gasteiger partial charge in [-0.2, -0.15) is 0 Å². The van der Waals surface area contributed by atoms with Gasteiger partial charge in [0.1, 0.15) is 6.04 Å². The highest BCUT2D eigenvalue weighted by atomic mass is 16.5. The maximum atomic E-state index is 11.5. The second-order valence-electron chi connectivity index (χ2n) is 4.00. The zero-order chi connectivity index (χ0) is 10.4. The molecular formula is C11H21NO2. The van der Waals surface area contributed by atoms with Crippen molar-refractivity contribution in [2.24, 2.45) is 5.92 Å². The molecule has 3 heteroatoms. The highest BCUT2D eigenvalue weighted by Gasteiger charge is 2.30. The van der Waals surface area contributed by atoms with Crippen LogP contribution in [0.25, 0.3) is 0 Å². The zero-order valence-corrected chi connectivity index (χ0v) is 9.21. The molecule has 1 unspecified atom stereocenters. The number of ether oxygens (including phenoxy) is 1. The lowest BCUT2D eigenvalue weighted by Gasteiger charge is -2.21. The van der Waals surface area contributed by atoms with Gasteiger partial charge in [0.15, 0.2) is 0 Å². The standard InChI is InChI=1S/C11H21NO2/c1-3-8-12-10(11(13)14-2)9-6-4-5-7-9/h9-10,12H,3-8H2,1-2H3. The molecule has 1 saturated carbocycles. The maximum Gasteiger partial charge on any atom is 0.323 e. The number of carbonyl (C=O) groups excluding carboxylic acids is 1. The summed E-state index contributed by atoms with van der Waals surface area (Å²) in [7, 11) is 1.47. The summed E-state index contributed by atoms with van der Waals surface area (Å²) in [4.78, 5) is 11.5. The molecule has 1 fully saturated rings. The lowest BCUT2D eigenvalue weighted by Crippen LogP contribution is -2.43. The molecule has 0 bridgehead atoms. The summed E-state index contributed by atoms with van der Waals surface area (Å²) in [5, 5.41) is 3.29. The van der Waals surface area contributed by atoms with Gasteiger partial charge in [-0.05, 0) is 31.7 Å². The van der Waals surface area contributed by atoms with Crippen LogP contribution in [0, 0.1) is 5.92 Å². The van der Waals surface area contributed by atoms with Gasteiger partial charge in [0, 0.05) is 0 Å². The van der Waals surface area contributed by atoms with Crippen LogP contribution in [0.3, 0.4) is 0 Å². The lowest BCUT2D eigenvalue weighted by atomic mass is 9.98. The Hall–Kier alpha value is -0.570. The minimum atomic E-state index is -0.0923. The molecule has 82 valence electrons. The summed E-state index contributed by atoms with van der Waals surface area (Å²) < 4.78 is 4.82. The summed E-state index contributed by atoms with van der Waals surface area (Å²) >= 11 is 0. The van der Waals surface area contributed by atoms with Gasteiger partial charge in [-0.15, -0.1) is 0 Å². The molecule has 0 amide bonds. The molecule has 1 atom stereocenters. The van der Waals surface area contributed by atoms with Gasteiger partial charge in [0.05, 0.1) is 7.11 Å². The van der Waals surface area contributed by atoms with Crippen molar-refractivity contribution in [3.05, 3.63) is 0 Å². The molecule has 1 rings (SSSR count). The maximum absolute atomic E-state index is 11.5. The Morgan fingerprint density at radius 3 is 2.64 bits per heavy atom. The Labute approximate surface area is 86.2 Å². The van der Waals surface area contributed by atoms with Gasteiger partial charge < -0.3 is 10.1 Å². The van der Waals surface area contributed by atoms with Gasteiger partial charge >= 0.3 is 5.97 Å². The first-order valence-corrected chi connectivity index (χ1v) is 5.60. The Kier molecular flexibility index (Phi) is 4.94. The Bertz CT molecular complexity index is 176. The average molecular weight is 199 g/mol. The van der Waals surface area contributed by atoms with E-state index in [-0.39, 0.29) is 12.0 Å². The number of hydrogen-bond donors (Lipinski definition) is 1. The van der Waals surface area contributed by atoms with Crippen molar-refractivity contribution in [2.45, 2.75) is 45.1 Å². The zero-order valence-electron chi connectivity index (χ0n) is 9.21. The summed E-state index contributed by atoms with van der Waals surface area (Å²) in [6, 6.07) is -0.0672. The molecule has 0 saturated heterocycles. The number of methoxy groups -OCH3 is 1. The molecule has 1 aliphatic rings. The van der Waals surface area contributed by atoms with Crippen molar-refractivity contribution in [3.8, 4) is 0 Å². The largest absolute Gasteiger partial charge is 0.468 e. The van der Waals surface area contributed by atoms with Gasteiger partial charge in [-0.25, -0.2) is 0 Å². The van der Waals surface area contributed by atoms with E-state index < -0.39 is 0 Å². The van der Waals surface area contributed by atoms with Gasteiger partial charge in [0.25, 0.3) is 0 Å². The molecule has 0 aliphatic heterocycles. The van der Waals surface area contributed by atoms with Gasteiger partial charge in [-0.3, -0.25) is 4.79 Å². The second kappa shape index (κ2) is 6.02. The summed E-state index contributed by atoms with van der Waals surface area (Å²) in [6.45, 7) is 3.01. The van der Waals surface area contributed by atoms with Gasteiger partial charge in [-0.1, -0.05) is 19.8 Å². The van der Waals surface area contributed by atoms with Crippen molar-refractivity contribution >= 4 is 5.97 Å². The van der Waals surface area contributed by atoms with E-state index in [0.29, 0.717) is 5.92 Å². The third-order valence-electron chi connectivity index (χ3n) is 2.94. The monoisotopic (exact) mass is 199 g/mol. The van der Waals surface area contributed by atoms with E-state index in [2.05, 4.69) is 12.2 Å². The fourth-order valence-electron chi connectivity index (χ4n) is 2.16. The first-order valence-electron chi connectivity index (χ1n) is 5.60. The quantitative estimate of drug-likeness (QED) is 0.685. The molecule has 0 aromatic heterocycles. The van der Waals surface area contributed by atoms with E-state index in [4.69, 9.17) is 4.74 Å². The highest BCUT2D eigenvalue weighted by molar-refractivity contribution is 5.76. The van der Waals surface area contributed by atoms with E-state index >= 15 is 0 Å². The van der Waals surface area contributed by atoms with E-state index in [9.17, 15) is 4.79 Å². The molecule has 0 heterocycles. The summed E-state index contributed by atoms with van der Waals surface area (Å²) in [6.07, 6.45) is 5.89. The van der Waals surface area contributed by atoms with Crippen LogP contribution in [-0.2, 0) is 9.53 Å². The minimum absolute atomic E-state index is 0.0672. The van der Waals surface area contributed by atoms with E-state index in [1.807, 2.05) is 0 Å². The lowest BCUT2D eigenvalue weighted by molar-refractivity contribution is -0.144. The predicted octanol–water partition coefficient (Wildman–Crippen LogP) is 1.72. The third-order valence-corrected chi connectivity index (χ3v) is 2.94. The van der Waals surface area contributed by atoms with E-state index in [0.717, 1.165) is 25.8 Å². The topological polar surface area (TPSA) is 38.3 Å². The van der Waals surface area contributed by atoms with Crippen LogP contribution < -0.4 is 5.32 Å². The molecule has 0 aromatic carbocycles. The van der Waals surface area contributed by atoms with Crippen LogP contribution >= 0.6 is 0 Å². The molecule has 1 aliphatic carbocycles. The fourth-order valence-corrected chi connectivity index (χ4v) is 2.16. The molecular weight excluding hydrogens is 178 g/mol. The van der Waals surface area contributed by atoms with Crippen LogP contribution in [0.15, 0.2) is 0 Å².